The molecule has 7 heteroatoms. The molecule has 1 unspecified atom stereocenters. The molecule has 0 aliphatic carbocycles. The van der Waals surface area contributed by atoms with E-state index >= 15 is 0 Å². The van der Waals surface area contributed by atoms with E-state index in [9.17, 15) is 19.1 Å². The maximum Gasteiger partial charge on any atom is 0.300 e. The highest BCUT2D eigenvalue weighted by Gasteiger charge is 2.47. The maximum atomic E-state index is 14.9. The van der Waals surface area contributed by atoms with Gasteiger partial charge in [-0.05, 0) is 54.4 Å². The lowest BCUT2D eigenvalue weighted by atomic mass is 9.94. The monoisotopic (exact) mass is 479 g/mol. The van der Waals surface area contributed by atoms with Crippen LogP contribution in [-0.2, 0) is 9.59 Å². The van der Waals surface area contributed by atoms with Gasteiger partial charge in [0.25, 0.3) is 11.7 Å². The van der Waals surface area contributed by atoms with Gasteiger partial charge in [0.15, 0.2) is 0 Å². The fraction of sp³-hybridized carbons (Fsp3) is 0.185. The van der Waals surface area contributed by atoms with E-state index in [0.717, 1.165) is 4.90 Å². The summed E-state index contributed by atoms with van der Waals surface area (Å²) in [6.45, 7) is 4.59. The Kier molecular flexibility index (Phi) is 6.70. The highest BCUT2D eigenvalue weighted by Crippen LogP contribution is 2.43. The summed E-state index contributed by atoms with van der Waals surface area (Å²) in [6.07, 6.45) is 0. The van der Waals surface area contributed by atoms with Gasteiger partial charge >= 0.3 is 0 Å². The Morgan fingerprint density at radius 2 is 1.76 bits per heavy atom. The van der Waals surface area contributed by atoms with Gasteiger partial charge in [0.1, 0.15) is 17.3 Å². The van der Waals surface area contributed by atoms with Gasteiger partial charge in [-0.3, -0.25) is 14.5 Å². The van der Waals surface area contributed by atoms with Crippen molar-refractivity contribution in [1.29, 1.82) is 0 Å². The molecule has 0 saturated carbocycles. The number of hydrogen-bond donors (Lipinski definition) is 1. The molecule has 1 fully saturated rings. The molecule has 1 amide bonds. The van der Waals surface area contributed by atoms with E-state index in [1.807, 2.05) is 13.8 Å². The van der Waals surface area contributed by atoms with Crippen LogP contribution in [0.2, 0.25) is 5.02 Å². The minimum atomic E-state index is -1.17. The van der Waals surface area contributed by atoms with Crippen LogP contribution in [-0.4, -0.2) is 23.4 Å². The summed E-state index contributed by atoms with van der Waals surface area (Å²) in [7, 11) is 0. The van der Waals surface area contributed by atoms with Crippen molar-refractivity contribution < 1.29 is 23.8 Å². The van der Waals surface area contributed by atoms with Crippen LogP contribution in [0.3, 0.4) is 0 Å². The molecule has 174 valence electrons. The first kappa shape index (κ1) is 23.5. The van der Waals surface area contributed by atoms with Crippen molar-refractivity contribution in [1.82, 2.24) is 0 Å². The maximum absolute atomic E-state index is 14.9. The number of Topliss-reactive ketones (excluding diaryl/α,β-unsaturated/α-hetero) is 1. The number of anilines is 1. The SMILES string of the molecule is CC(C)COc1ccc(/C(O)=C2\C(=O)C(=O)N(c3cccc(Cl)c3)C2c2ccccc2F)cc1. The number of benzene rings is 3. The van der Waals surface area contributed by atoms with Gasteiger partial charge in [0.05, 0.1) is 18.2 Å². The lowest BCUT2D eigenvalue weighted by molar-refractivity contribution is -0.132. The van der Waals surface area contributed by atoms with Crippen molar-refractivity contribution in [2.45, 2.75) is 19.9 Å². The molecule has 34 heavy (non-hydrogen) atoms. The normalized spacial score (nSPS) is 17.4. The average molecular weight is 480 g/mol. The lowest BCUT2D eigenvalue weighted by Gasteiger charge is -2.25. The van der Waals surface area contributed by atoms with Crippen LogP contribution in [0.5, 0.6) is 5.75 Å². The third-order valence-electron chi connectivity index (χ3n) is 5.44. The Morgan fingerprint density at radius 1 is 1.06 bits per heavy atom. The van der Waals surface area contributed by atoms with Gasteiger partial charge in [-0.2, -0.15) is 0 Å². The fourth-order valence-corrected chi connectivity index (χ4v) is 4.03. The standard InChI is InChI=1S/C27H23ClFNO4/c1-16(2)15-34-20-12-10-17(11-13-20)25(31)23-24(21-8-3-4-9-22(21)29)30(27(33)26(23)32)19-7-5-6-18(28)14-19/h3-14,16,24,31H,15H2,1-2H3/b25-23+. The van der Waals surface area contributed by atoms with Crippen molar-refractivity contribution in [3.8, 4) is 5.75 Å². The minimum absolute atomic E-state index is 0.0834. The predicted octanol–water partition coefficient (Wildman–Crippen LogP) is 6.14. The summed E-state index contributed by atoms with van der Waals surface area (Å²) in [4.78, 5) is 27.4. The number of hydrogen-bond acceptors (Lipinski definition) is 4. The highest BCUT2D eigenvalue weighted by molar-refractivity contribution is 6.51. The Hall–Kier alpha value is -3.64. The fourth-order valence-electron chi connectivity index (χ4n) is 3.84. The van der Waals surface area contributed by atoms with Crippen molar-refractivity contribution in [3.05, 3.63) is 100 Å². The molecule has 5 nitrogen and oxygen atoms in total. The van der Waals surface area contributed by atoms with Crippen LogP contribution in [0.1, 0.15) is 31.0 Å². The zero-order valence-corrected chi connectivity index (χ0v) is 19.4. The second-order valence-corrected chi connectivity index (χ2v) is 8.84. The molecule has 3 aromatic carbocycles. The molecular formula is C27H23ClFNO4. The zero-order chi connectivity index (χ0) is 24.4. The zero-order valence-electron chi connectivity index (χ0n) is 18.7. The van der Waals surface area contributed by atoms with Crippen LogP contribution in [0.15, 0.2) is 78.4 Å². The number of amides is 1. The Bertz CT molecular complexity index is 1270. The Balaban J connectivity index is 1.84. The predicted molar refractivity (Wildman–Crippen MR) is 129 cm³/mol. The molecule has 0 bridgehead atoms. The van der Waals surface area contributed by atoms with Crippen LogP contribution in [0, 0.1) is 11.7 Å². The number of carbonyl (C=O) groups is 2. The van der Waals surface area contributed by atoms with Gasteiger partial charge < -0.3 is 9.84 Å². The van der Waals surface area contributed by atoms with Crippen LogP contribution in [0.25, 0.3) is 5.76 Å². The molecule has 4 rings (SSSR count). The van der Waals surface area contributed by atoms with E-state index in [1.54, 1.807) is 48.5 Å². The summed E-state index contributed by atoms with van der Waals surface area (Å²) in [5.74, 6) is -1.84. The van der Waals surface area contributed by atoms with Crippen molar-refractivity contribution in [2.24, 2.45) is 5.92 Å². The molecule has 0 spiro atoms. The molecule has 1 N–H and O–H groups in total. The molecule has 0 aromatic heterocycles. The van der Waals surface area contributed by atoms with Crippen LogP contribution >= 0.6 is 11.6 Å². The number of nitrogens with zero attached hydrogens (tertiary/aromatic N) is 1. The smallest absolute Gasteiger partial charge is 0.300 e. The molecule has 3 aromatic rings. The average Bonchev–Trinajstić information content (AvgIpc) is 3.08. The Morgan fingerprint density at radius 3 is 2.41 bits per heavy atom. The van der Waals surface area contributed by atoms with Crippen molar-refractivity contribution in [3.63, 3.8) is 0 Å². The van der Waals surface area contributed by atoms with Gasteiger partial charge in [-0.1, -0.05) is 49.7 Å². The van der Waals surface area contributed by atoms with Gasteiger partial charge in [-0.25, -0.2) is 4.39 Å². The van der Waals surface area contributed by atoms with Gasteiger partial charge in [-0.15, -0.1) is 0 Å². The Labute approximate surface area is 202 Å². The van der Waals surface area contributed by atoms with E-state index in [-0.39, 0.29) is 11.1 Å². The number of ketones is 1. The first-order valence-corrected chi connectivity index (χ1v) is 11.2. The van der Waals surface area contributed by atoms with E-state index in [0.29, 0.717) is 34.5 Å². The molecular weight excluding hydrogens is 457 g/mol. The summed E-state index contributed by atoms with van der Waals surface area (Å²) >= 11 is 6.12. The number of aliphatic hydroxyl groups is 1. The number of halogens is 2. The molecule has 1 heterocycles. The van der Waals surface area contributed by atoms with Crippen molar-refractivity contribution in [2.75, 3.05) is 11.5 Å². The molecule has 0 radical (unpaired) electrons. The van der Waals surface area contributed by atoms with Gasteiger partial charge in [0.2, 0.25) is 0 Å². The number of rotatable bonds is 6. The van der Waals surface area contributed by atoms with E-state index in [1.165, 1.54) is 24.3 Å². The number of aliphatic hydroxyl groups excluding tert-OH is 1. The van der Waals surface area contributed by atoms with Crippen LogP contribution in [0.4, 0.5) is 10.1 Å². The summed E-state index contributed by atoms with van der Waals surface area (Å²) in [5.41, 5.74) is 0.507. The topological polar surface area (TPSA) is 66.8 Å². The third kappa shape index (κ3) is 4.54. The first-order chi connectivity index (χ1) is 16.3. The van der Waals surface area contributed by atoms with Crippen LogP contribution < -0.4 is 9.64 Å². The molecule has 1 aliphatic rings. The highest BCUT2D eigenvalue weighted by atomic mass is 35.5. The minimum Gasteiger partial charge on any atom is -0.507 e. The largest absolute Gasteiger partial charge is 0.507 e. The molecule has 1 aliphatic heterocycles. The van der Waals surface area contributed by atoms with Gasteiger partial charge in [0, 0.05) is 21.8 Å². The van der Waals surface area contributed by atoms with E-state index in [4.69, 9.17) is 16.3 Å². The summed E-state index contributed by atoms with van der Waals surface area (Å²) in [6, 6.07) is 17.6. The number of carbonyl (C=O) groups excluding carboxylic acids is 2. The van der Waals surface area contributed by atoms with Crippen molar-refractivity contribution >= 4 is 34.7 Å². The summed E-state index contributed by atoms with van der Waals surface area (Å²) < 4.78 is 20.6. The second kappa shape index (κ2) is 9.69. The first-order valence-electron chi connectivity index (χ1n) is 10.8. The lowest BCUT2D eigenvalue weighted by Crippen LogP contribution is -2.29. The quantitative estimate of drug-likeness (QED) is 0.262. The second-order valence-electron chi connectivity index (χ2n) is 8.40. The molecule has 1 saturated heterocycles. The third-order valence-corrected chi connectivity index (χ3v) is 5.68. The van der Waals surface area contributed by atoms with E-state index in [2.05, 4.69) is 0 Å². The summed E-state index contributed by atoms with van der Waals surface area (Å²) in [5, 5.41) is 11.5. The van der Waals surface area contributed by atoms with E-state index < -0.39 is 29.3 Å². The molecule has 1 atom stereocenters. The number of ether oxygens (including phenoxy) is 1.